The number of likely N-dealkylation sites (N-methyl/N-ethyl adjacent to an activating group) is 1. The number of nitrogens with two attached hydrogens (primary N) is 1. The van der Waals surface area contributed by atoms with Gasteiger partial charge >= 0.3 is 0 Å². The van der Waals surface area contributed by atoms with Crippen LogP contribution in [0.1, 0.15) is 71.6 Å². The molecule has 0 saturated heterocycles. The molecule has 0 aromatic heterocycles. The molecule has 0 heterocycles. The van der Waals surface area contributed by atoms with Crippen molar-refractivity contribution < 1.29 is 0 Å². The van der Waals surface area contributed by atoms with Crippen LogP contribution in [0.2, 0.25) is 0 Å². The van der Waals surface area contributed by atoms with Crippen LogP contribution >= 0.6 is 0 Å². The fourth-order valence-electron chi connectivity index (χ4n) is 4.11. The van der Waals surface area contributed by atoms with E-state index in [-0.39, 0.29) is 5.54 Å². The minimum Gasteiger partial charge on any atom is -0.329 e. The van der Waals surface area contributed by atoms with Gasteiger partial charge in [-0.2, -0.15) is 0 Å². The fraction of sp³-hybridized carbons (Fsp3) is 1.00. The molecule has 2 aliphatic carbocycles. The van der Waals surface area contributed by atoms with Crippen LogP contribution in [0.3, 0.4) is 0 Å². The molecule has 0 bridgehead atoms. The van der Waals surface area contributed by atoms with E-state index in [1.165, 1.54) is 64.3 Å². The van der Waals surface area contributed by atoms with Crippen molar-refractivity contribution in [1.29, 1.82) is 0 Å². The highest BCUT2D eigenvalue weighted by atomic mass is 15.2. The first-order chi connectivity index (χ1) is 8.69. The minimum absolute atomic E-state index is 0.252. The van der Waals surface area contributed by atoms with E-state index in [1.807, 2.05) is 0 Å². The summed E-state index contributed by atoms with van der Waals surface area (Å²) in [6, 6.07) is 0.803. The Bertz CT molecular complexity index is 243. The Balaban J connectivity index is 2.00. The summed E-state index contributed by atoms with van der Waals surface area (Å²) < 4.78 is 0. The summed E-state index contributed by atoms with van der Waals surface area (Å²) in [6.07, 6.45) is 12.7. The van der Waals surface area contributed by atoms with Crippen LogP contribution in [0.5, 0.6) is 0 Å². The van der Waals surface area contributed by atoms with Gasteiger partial charge in [0.2, 0.25) is 0 Å². The van der Waals surface area contributed by atoms with E-state index >= 15 is 0 Å². The van der Waals surface area contributed by atoms with Crippen LogP contribution < -0.4 is 5.73 Å². The summed E-state index contributed by atoms with van der Waals surface area (Å²) in [6.45, 7) is 6.74. The van der Waals surface area contributed by atoms with Gasteiger partial charge in [0.05, 0.1) is 0 Å². The zero-order valence-electron chi connectivity index (χ0n) is 12.5. The second-order valence-corrected chi connectivity index (χ2v) is 6.78. The van der Waals surface area contributed by atoms with Crippen LogP contribution in [0.25, 0.3) is 0 Å². The molecule has 0 aliphatic heterocycles. The Morgan fingerprint density at radius 2 is 1.72 bits per heavy atom. The molecule has 106 valence electrons. The first kappa shape index (κ1) is 14.3. The summed E-state index contributed by atoms with van der Waals surface area (Å²) in [4.78, 5) is 2.75. The molecule has 2 aliphatic rings. The van der Waals surface area contributed by atoms with Gasteiger partial charge in [-0.3, -0.25) is 4.90 Å². The van der Waals surface area contributed by atoms with Crippen LogP contribution in [0, 0.1) is 5.92 Å². The topological polar surface area (TPSA) is 29.3 Å². The van der Waals surface area contributed by atoms with Gasteiger partial charge in [0.1, 0.15) is 0 Å². The molecule has 1 unspecified atom stereocenters. The Labute approximate surface area is 113 Å². The maximum Gasteiger partial charge on any atom is 0.0309 e. The highest BCUT2D eigenvalue weighted by Gasteiger charge is 2.37. The highest BCUT2D eigenvalue weighted by Crippen LogP contribution is 2.38. The Hall–Kier alpha value is -0.0800. The summed E-state index contributed by atoms with van der Waals surface area (Å²) in [5, 5.41) is 0. The van der Waals surface area contributed by atoms with E-state index in [0.29, 0.717) is 0 Å². The summed E-state index contributed by atoms with van der Waals surface area (Å²) in [5.74, 6) is 0.955. The number of nitrogens with zero attached hydrogens (tertiary/aromatic N) is 1. The quantitative estimate of drug-likeness (QED) is 0.783. The lowest BCUT2D eigenvalue weighted by atomic mass is 9.75. The fourth-order valence-corrected chi connectivity index (χ4v) is 4.11. The van der Waals surface area contributed by atoms with Gasteiger partial charge in [-0.15, -0.1) is 0 Å². The summed E-state index contributed by atoms with van der Waals surface area (Å²) >= 11 is 0. The van der Waals surface area contributed by atoms with Crippen molar-refractivity contribution in [3.63, 3.8) is 0 Å². The van der Waals surface area contributed by atoms with Crippen molar-refractivity contribution in [2.75, 3.05) is 13.1 Å². The van der Waals surface area contributed by atoms with Crippen LogP contribution in [0.15, 0.2) is 0 Å². The van der Waals surface area contributed by atoms with Crippen LogP contribution in [-0.4, -0.2) is 29.6 Å². The largest absolute Gasteiger partial charge is 0.329 e. The van der Waals surface area contributed by atoms with Crippen molar-refractivity contribution in [2.24, 2.45) is 11.7 Å². The lowest BCUT2D eigenvalue weighted by molar-refractivity contribution is 0.0205. The van der Waals surface area contributed by atoms with Crippen molar-refractivity contribution in [1.82, 2.24) is 4.90 Å². The highest BCUT2D eigenvalue weighted by molar-refractivity contribution is 4.94. The van der Waals surface area contributed by atoms with Gasteiger partial charge in [-0.05, 0) is 38.6 Å². The maximum atomic E-state index is 6.18. The van der Waals surface area contributed by atoms with E-state index in [0.717, 1.165) is 18.5 Å². The third-order valence-corrected chi connectivity index (χ3v) is 5.44. The van der Waals surface area contributed by atoms with Gasteiger partial charge in [-0.1, -0.05) is 45.4 Å². The zero-order valence-corrected chi connectivity index (χ0v) is 12.5. The van der Waals surface area contributed by atoms with E-state index in [9.17, 15) is 0 Å². The van der Waals surface area contributed by atoms with E-state index in [4.69, 9.17) is 5.73 Å². The first-order valence-corrected chi connectivity index (χ1v) is 8.16. The third kappa shape index (κ3) is 3.08. The minimum atomic E-state index is 0.252. The molecule has 1 atom stereocenters. The molecule has 18 heavy (non-hydrogen) atoms. The molecule has 0 radical (unpaired) electrons. The smallest absolute Gasteiger partial charge is 0.0309 e. The lowest BCUT2D eigenvalue weighted by Gasteiger charge is -2.49. The Morgan fingerprint density at radius 1 is 1.06 bits per heavy atom. The molecule has 0 amide bonds. The predicted molar refractivity (Wildman–Crippen MR) is 78.7 cm³/mol. The monoisotopic (exact) mass is 252 g/mol. The van der Waals surface area contributed by atoms with E-state index in [1.54, 1.807) is 0 Å². The number of hydrogen-bond donors (Lipinski definition) is 1. The molecule has 2 heteroatoms. The average molecular weight is 252 g/mol. The Morgan fingerprint density at radius 3 is 2.17 bits per heavy atom. The third-order valence-electron chi connectivity index (χ3n) is 5.44. The molecule has 2 saturated carbocycles. The normalized spacial score (nSPS) is 26.0. The van der Waals surface area contributed by atoms with Gasteiger partial charge in [-0.25, -0.2) is 0 Å². The van der Waals surface area contributed by atoms with E-state index < -0.39 is 0 Å². The van der Waals surface area contributed by atoms with Crippen molar-refractivity contribution in [3.8, 4) is 0 Å². The summed E-state index contributed by atoms with van der Waals surface area (Å²) in [7, 11) is 0. The van der Waals surface area contributed by atoms with Crippen molar-refractivity contribution in [2.45, 2.75) is 83.2 Å². The van der Waals surface area contributed by atoms with Gasteiger partial charge in [0, 0.05) is 18.1 Å². The van der Waals surface area contributed by atoms with Gasteiger partial charge in [0.15, 0.2) is 0 Å². The van der Waals surface area contributed by atoms with E-state index in [2.05, 4.69) is 18.7 Å². The second kappa shape index (κ2) is 6.38. The molecule has 2 rings (SSSR count). The van der Waals surface area contributed by atoms with Gasteiger partial charge < -0.3 is 5.73 Å². The van der Waals surface area contributed by atoms with Crippen LogP contribution in [0.4, 0.5) is 0 Å². The SMILES string of the molecule is CCN(C1CCCCC1)C(C)(CN)CC1CCC1. The van der Waals surface area contributed by atoms with Gasteiger partial charge in [0.25, 0.3) is 0 Å². The van der Waals surface area contributed by atoms with Crippen molar-refractivity contribution in [3.05, 3.63) is 0 Å². The molecule has 2 N–H and O–H groups in total. The summed E-state index contributed by atoms with van der Waals surface area (Å²) in [5.41, 5.74) is 6.43. The Kier molecular flexibility index (Phi) is 5.08. The molecule has 2 nitrogen and oxygen atoms in total. The molecular weight excluding hydrogens is 220 g/mol. The molecule has 2 fully saturated rings. The first-order valence-electron chi connectivity index (χ1n) is 8.16. The lowest BCUT2D eigenvalue weighted by Crippen LogP contribution is -2.57. The second-order valence-electron chi connectivity index (χ2n) is 6.78. The standard InChI is InChI=1S/C16H32N2/c1-3-18(15-10-5-4-6-11-15)16(2,13-17)12-14-8-7-9-14/h14-15H,3-13,17H2,1-2H3. The molecule has 0 aromatic carbocycles. The zero-order chi connectivity index (χ0) is 13.0. The molecular formula is C16H32N2. The molecule has 0 spiro atoms. The maximum absolute atomic E-state index is 6.18. The number of hydrogen-bond acceptors (Lipinski definition) is 2. The van der Waals surface area contributed by atoms with Crippen LogP contribution in [-0.2, 0) is 0 Å². The molecule has 0 aromatic rings. The number of rotatable bonds is 6. The predicted octanol–water partition coefficient (Wildman–Crippen LogP) is 3.55. The van der Waals surface area contributed by atoms with Crippen molar-refractivity contribution >= 4 is 0 Å². The average Bonchev–Trinajstić information content (AvgIpc) is 2.36.